The Morgan fingerprint density at radius 1 is 0.955 bits per heavy atom. The smallest absolute Gasteiger partial charge is 0.251 e. The number of nitrogens with one attached hydrogen (secondary N) is 2. The number of likely N-dealkylation sites (tertiary alicyclic amines) is 1. The number of hydrogen-bond acceptors (Lipinski definition) is 1. The van der Waals surface area contributed by atoms with Crippen molar-refractivity contribution >= 4 is 5.91 Å². The normalized spacial score (nSPS) is 21.3. The molecule has 0 spiro atoms. The molecule has 2 N–H and O–H groups in total. The van der Waals surface area contributed by atoms with Crippen molar-refractivity contribution in [1.29, 1.82) is 0 Å². The van der Waals surface area contributed by atoms with Crippen LogP contribution in [0.1, 0.15) is 28.8 Å². The zero-order chi connectivity index (χ0) is 15.2. The van der Waals surface area contributed by atoms with Gasteiger partial charge in [0.25, 0.3) is 5.91 Å². The molecule has 1 saturated heterocycles. The van der Waals surface area contributed by atoms with E-state index in [1.165, 1.54) is 5.56 Å². The molecule has 22 heavy (non-hydrogen) atoms. The van der Waals surface area contributed by atoms with Crippen LogP contribution in [0.2, 0.25) is 0 Å². The first-order chi connectivity index (χ1) is 10.8. The Kier molecular flexibility index (Phi) is 4.86. The lowest BCUT2D eigenvalue weighted by molar-refractivity contribution is -0.918. The molecule has 1 fully saturated rings. The number of quaternary nitrogens is 1. The second kappa shape index (κ2) is 7.23. The Balaban J connectivity index is 1.47. The predicted molar refractivity (Wildman–Crippen MR) is 87.8 cm³/mol. The van der Waals surface area contributed by atoms with Gasteiger partial charge in [-0.1, -0.05) is 48.5 Å². The highest BCUT2D eigenvalue weighted by atomic mass is 16.1. The number of hydrogen-bond donors (Lipinski definition) is 2. The lowest BCUT2D eigenvalue weighted by Gasteiger charge is -2.29. The third-order valence-corrected chi connectivity index (χ3v) is 4.36. The molecule has 2 aromatic carbocycles. The van der Waals surface area contributed by atoms with E-state index in [0.29, 0.717) is 6.04 Å². The van der Waals surface area contributed by atoms with E-state index in [4.69, 9.17) is 0 Å². The Morgan fingerprint density at radius 3 is 2.18 bits per heavy atom. The van der Waals surface area contributed by atoms with Crippen LogP contribution in [0, 0.1) is 0 Å². The maximum Gasteiger partial charge on any atom is 0.251 e. The van der Waals surface area contributed by atoms with E-state index in [2.05, 4.69) is 35.6 Å². The minimum absolute atomic E-state index is 0.0529. The zero-order valence-corrected chi connectivity index (χ0v) is 12.8. The number of rotatable bonds is 4. The quantitative estimate of drug-likeness (QED) is 0.884. The lowest BCUT2D eigenvalue weighted by atomic mass is 10.0. The molecule has 0 atom stereocenters. The number of piperidine rings is 1. The SMILES string of the molecule is O=C(NC1CC[NH+](Cc2ccccc2)CC1)c1ccccc1. The minimum Gasteiger partial charge on any atom is -0.349 e. The minimum atomic E-state index is 0.0529. The summed E-state index contributed by atoms with van der Waals surface area (Å²) in [7, 11) is 0. The first-order valence-electron chi connectivity index (χ1n) is 8.04. The van der Waals surface area contributed by atoms with Crippen molar-refractivity contribution < 1.29 is 9.69 Å². The van der Waals surface area contributed by atoms with E-state index in [1.54, 1.807) is 4.90 Å². The van der Waals surface area contributed by atoms with Gasteiger partial charge in [0.2, 0.25) is 0 Å². The van der Waals surface area contributed by atoms with Gasteiger partial charge in [-0.15, -0.1) is 0 Å². The summed E-state index contributed by atoms with van der Waals surface area (Å²) >= 11 is 0. The number of amides is 1. The van der Waals surface area contributed by atoms with Crippen LogP contribution in [-0.2, 0) is 6.54 Å². The van der Waals surface area contributed by atoms with Crippen molar-refractivity contribution in [3.8, 4) is 0 Å². The molecule has 1 amide bonds. The summed E-state index contributed by atoms with van der Waals surface area (Å²) in [6, 6.07) is 20.4. The third-order valence-electron chi connectivity index (χ3n) is 4.36. The Morgan fingerprint density at radius 2 is 1.55 bits per heavy atom. The van der Waals surface area contributed by atoms with E-state index in [9.17, 15) is 4.79 Å². The summed E-state index contributed by atoms with van der Waals surface area (Å²) < 4.78 is 0. The largest absolute Gasteiger partial charge is 0.349 e. The lowest BCUT2D eigenvalue weighted by Crippen LogP contribution is -3.12. The van der Waals surface area contributed by atoms with E-state index in [0.717, 1.165) is 38.0 Å². The molecule has 3 rings (SSSR count). The molecular formula is C19H23N2O+. The molecule has 0 bridgehead atoms. The van der Waals surface area contributed by atoms with Crippen molar-refractivity contribution in [3.05, 3.63) is 71.8 Å². The van der Waals surface area contributed by atoms with Gasteiger partial charge in [-0.25, -0.2) is 0 Å². The highest BCUT2D eigenvalue weighted by Gasteiger charge is 2.23. The standard InChI is InChI=1S/C19H22N2O/c22-19(17-9-5-2-6-10-17)20-18-11-13-21(14-12-18)15-16-7-3-1-4-8-16/h1-10,18H,11-15H2,(H,20,22)/p+1. The molecular weight excluding hydrogens is 272 g/mol. The van der Waals surface area contributed by atoms with Gasteiger partial charge < -0.3 is 10.2 Å². The van der Waals surface area contributed by atoms with Crippen molar-refractivity contribution in [2.75, 3.05) is 13.1 Å². The second-order valence-electron chi connectivity index (χ2n) is 6.03. The summed E-state index contributed by atoms with van der Waals surface area (Å²) in [5.41, 5.74) is 2.14. The molecule has 0 aliphatic carbocycles. The van der Waals surface area contributed by atoms with E-state index < -0.39 is 0 Å². The molecule has 2 aromatic rings. The van der Waals surface area contributed by atoms with Gasteiger partial charge in [0.05, 0.1) is 13.1 Å². The highest BCUT2D eigenvalue weighted by molar-refractivity contribution is 5.94. The van der Waals surface area contributed by atoms with Crippen molar-refractivity contribution in [3.63, 3.8) is 0 Å². The second-order valence-corrected chi connectivity index (χ2v) is 6.03. The summed E-state index contributed by atoms with van der Waals surface area (Å²) in [4.78, 5) is 13.8. The molecule has 0 radical (unpaired) electrons. The zero-order valence-electron chi connectivity index (χ0n) is 12.8. The van der Waals surface area contributed by atoms with Crippen LogP contribution in [0.5, 0.6) is 0 Å². The van der Waals surface area contributed by atoms with Crippen LogP contribution in [0.25, 0.3) is 0 Å². The number of benzene rings is 2. The van der Waals surface area contributed by atoms with Crippen LogP contribution in [0.3, 0.4) is 0 Å². The van der Waals surface area contributed by atoms with Gasteiger partial charge in [0.1, 0.15) is 6.54 Å². The monoisotopic (exact) mass is 295 g/mol. The first-order valence-corrected chi connectivity index (χ1v) is 8.04. The van der Waals surface area contributed by atoms with Crippen LogP contribution in [0.4, 0.5) is 0 Å². The Hall–Kier alpha value is -2.13. The van der Waals surface area contributed by atoms with Crippen LogP contribution in [-0.4, -0.2) is 25.0 Å². The van der Waals surface area contributed by atoms with E-state index in [1.807, 2.05) is 30.3 Å². The molecule has 1 heterocycles. The van der Waals surface area contributed by atoms with Gasteiger partial charge in [-0.05, 0) is 12.1 Å². The van der Waals surface area contributed by atoms with E-state index in [-0.39, 0.29) is 5.91 Å². The maximum atomic E-state index is 12.2. The van der Waals surface area contributed by atoms with Gasteiger partial charge >= 0.3 is 0 Å². The van der Waals surface area contributed by atoms with Crippen LogP contribution < -0.4 is 10.2 Å². The fourth-order valence-corrected chi connectivity index (χ4v) is 3.09. The van der Waals surface area contributed by atoms with Gasteiger partial charge in [-0.3, -0.25) is 4.79 Å². The fraction of sp³-hybridized carbons (Fsp3) is 0.316. The summed E-state index contributed by atoms with van der Waals surface area (Å²) in [5, 5.41) is 3.17. The van der Waals surface area contributed by atoms with E-state index >= 15 is 0 Å². The topological polar surface area (TPSA) is 33.5 Å². The van der Waals surface area contributed by atoms with Crippen molar-refractivity contribution in [2.45, 2.75) is 25.4 Å². The molecule has 0 unspecified atom stereocenters. The van der Waals surface area contributed by atoms with Crippen LogP contribution >= 0.6 is 0 Å². The van der Waals surface area contributed by atoms with Crippen molar-refractivity contribution in [1.82, 2.24) is 5.32 Å². The summed E-state index contributed by atoms with van der Waals surface area (Å²) in [6.45, 7) is 3.32. The first kappa shape index (κ1) is 14.8. The van der Waals surface area contributed by atoms with Gasteiger partial charge in [0.15, 0.2) is 0 Å². The van der Waals surface area contributed by atoms with Gasteiger partial charge in [0, 0.05) is 30.0 Å². The third kappa shape index (κ3) is 3.95. The maximum absolute atomic E-state index is 12.2. The predicted octanol–water partition coefficient (Wildman–Crippen LogP) is 1.66. The number of carbonyl (C=O) groups excluding carboxylic acids is 1. The Labute approximate surface area is 132 Å². The van der Waals surface area contributed by atoms with Crippen LogP contribution in [0.15, 0.2) is 60.7 Å². The molecule has 1 aliphatic heterocycles. The van der Waals surface area contributed by atoms with Crippen molar-refractivity contribution in [2.24, 2.45) is 0 Å². The Bertz CT molecular complexity index is 589. The molecule has 0 saturated carbocycles. The molecule has 114 valence electrons. The summed E-state index contributed by atoms with van der Waals surface area (Å²) in [6.07, 6.45) is 2.11. The fourth-order valence-electron chi connectivity index (χ4n) is 3.09. The number of carbonyl (C=O) groups is 1. The molecule has 3 nitrogen and oxygen atoms in total. The average Bonchev–Trinajstić information content (AvgIpc) is 2.58. The molecule has 3 heteroatoms. The summed E-state index contributed by atoms with van der Waals surface area (Å²) in [5.74, 6) is 0.0529. The molecule has 1 aliphatic rings. The highest BCUT2D eigenvalue weighted by Crippen LogP contribution is 2.04. The molecule has 0 aromatic heterocycles. The van der Waals surface area contributed by atoms with Gasteiger partial charge in [-0.2, -0.15) is 0 Å². The average molecular weight is 295 g/mol.